The first-order chi connectivity index (χ1) is 12.9. The quantitative estimate of drug-likeness (QED) is 0.595. The van der Waals surface area contributed by atoms with Crippen molar-refractivity contribution in [3.8, 4) is 0 Å². The SMILES string of the molecule is CCc1cc(CC)n(S(=O)(=O)c2ccc(C)cc2)c1C(=O)c1ccccc1. The Labute approximate surface area is 160 Å². The highest BCUT2D eigenvalue weighted by Gasteiger charge is 2.29. The molecule has 0 aliphatic heterocycles. The summed E-state index contributed by atoms with van der Waals surface area (Å²) in [6.07, 6.45) is 1.09. The molecule has 0 spiro atoms. The minimum absolute atomic E-state index is 0.183. The van der Waals surface area contributed by atoms with E-state index in [9.17, 15) is 13.2 Å². The summed E-state index contributed by atoms with van der Waals surface area (Å²) in [7, 11) is -3.88. The molecule has 1 aromatic heterocycles. The van der Waals surface area contributed by atoms with Crippen LogP contribution in [0.1, 0.15) is 46.7 Å². The first-order valence-corrected chi connectivity index (χ1v) is 10.5. The fraction of sp³-hybridized carbons (Fsp3) is 0.227. The lowest BCUT2D eigenvalue weighted by atomic mass is 10.0. The molecule has 0 atom stereocenters. The zero-order chi connectivity index (χ0) is 19.6. The first-order valence-electron chi connectivity index (χ1n) is 9.05. The van der Waals surface area contributed by atoms with Crippen LogP contribution in [0, 0.1) is 6.92 Å². The average Bonchev–Trinajstić information content (AvgIpc) is 3.08. The topological polar surface area (TPSA) is 56.1 Å². The number of aromatic nitrogens is 1. The van der Waals surface area contributed by atoms with E-state index in [0.717, 1.165) is 11.1 Å². The lowest BCUT2D eigenvalue weighted by Gasteiger charge is -2.14. The molecular formula is C22H23NO3S. The molecule has 3 rings (SSSR count). The molecule has 0 saturated carbocycles. The number of hydrogen-bond donors (Lipinski definition) is 0. The van der Waals surface area contributed by atoms with Crippen LogP contribution in [-0.4, -0.2) is 18.2 Å². The largest absolute Gasteiger partial charge is 0.287 e. The Morgan fingerprint density at radius 3 is 2.11 bits per heavy atom. The zero-order valence-electron chi connectivity index (χ0n) is 15.8. The fourth-order valence-corrected chi connectivity index (χ4v) is 4.79. The molecule has 1 heterocycles. The van der Waals surface area contributed by atoms with Gasteiger partial charge in [0, 0.05) is 11.3 Å². The van der Waals surface area contributed by atoms with Crippen LogP contribution >= 0.6 is 0 Å². The molecular weight excluding hydrogens is 358 g/mol. The predicted octanol–water partition coefficient (Wildman–Crippen LogP) is 4.39. The van der Waals surface area contributed by atoms with Gasteiger partial charge in [-0.3, -0.25) is 4.79 Å². The van der Waals surface area contributed by atoms with Crippen molar-refractivity contribution in [1.82, 2.24) is 3.97 Å². The van der Waals surface area contributed by atoms with Gasteiger partial charge in [-0.1, -0.05) is 61.9 Å². The number of ketones is 1. The molecule has 2 aromatic carbocycles. The standard InChI is InChI=1S/C22H23NO3S/c1-4-17-15-19(5-2)23(21(17)22(24)18-9-7-6-8-10-18)27(25,26)20-13-11-16(3)12-14-20/h6-15H,4-5H2,1-3H3. The van der Waals surface area contributed by atoms with Crippen LogP contribution in [0.5, 0.6) is 0 Å². The van der Waals surface area contributed by atoms with Crippen LogP contribution in [0.4, 0.5) is 0 Å². The molecule has 0 fully saturated rings. The van der Waals surface area contributed by atoms with Gasteiger partial charge in [0.05, 0.1) is 4.90 Å². The summed E-state index contributed by atoms with van der Waals surface area (Å²) in [5, 5.41) is 0. The maximum atomic E-state index is 13.4. The van der Waals surface area contributed by atoms with Gasteiger partial charge in [0.1, 0.15) is 5.69 Å². The van der Waals surface area contributed by atoms with Crippen molar-refractivity contribution >= 4 is 15.8 Å². The van der Waals surface area contributed by atoms with Crippen molar-refractivity contribution in [3.05, 3.63) is 88.7 Å². The van der Waals surface area contributed by atoms with Gasteiger partial charge < -0.3 is 0 Å². The van der Waals surface area contributed by atoms with Crippen molar-refractivity contribution in [1.29, 1.82) is 0 Å². The lowest BCUT2D eigenvalue weighted by Crippen LogP contribution is -2.22. The van der Waals surface area contributed by atoms with E-state index in [4.69, 9.17) is 0 Å². The molecule has 4 nitrogen and oxygen atoms in total. The van der Waals surface area contributed by atoms with Gasteiger partial charge in [0.25, 0.3) is 10.0 Å². The highest BCUT2D eigenvalue weighted by molar-refractivity contribution is 7.90. The van der Waals surface area contributed by atoms with Gasteiger partial charge in [-0.2, -0.15) is 0 Å². The number of nitrogens with zero attached hydrogens (tertiary/aromatic N) is 1. The Morgan fingerprint density at radius 2 is 1.56 bits per heavy atom. The second kappa shape index (κ2) is 7.53. The van der Waals surface area contributed by atoms with Crippen LogP contribution in [-0.2, 0) is 22.9 Å². The third-order valence-electron chi connectivity index (χ3n) is 4.66. The van der Waals surface area contributed by atoms with E-state index in [-0.39, 0.29) is 16.4 Å². The van der Waals surface area contributed by atoms with Gasteiger partial charge in [0.2, 0.25) is 5.78 Å². The molecule has 5 heteroatoms. The zero-order valence-corrected chi connectivity index (χ0v) is 16.6. The molecule has 0 aliphatic carbocycles. The number of aryl methyl sites for hydroxylation is 3. The normalized spacial score (nSPS) is 11.5. The summed E-state index contributed by atoms with van der Waals surface area (Å²) in [4.78, 5) is 13.4. The van der Waals surface area contributed by atoms with Crippen molar-refractivity contribution in [2.45, 2.75) is 38.5 Å². The first kappa shape index (κ1) is 19.1. The summed E-state index contributed by atoms with van der Waals surface area (Å²) in [6.45, 7) is 5.73. The Balaban J connectivity index is 2.27. The lowest BCUT2D eigenvalue weighted by molar-refractivity contribution is 0.103. The molecule has 3 aromatic rings. The molecule has 0 saturated heterocycles. The van der Waals surface area contributed by atoms with Gasteiger partial charge in [-0.05, 0) is 43.5 Å². The van der Waals surface area contributed by atoms with Crippen molar-refractivity contribution in [2.24, 2.45) is 0 Å². The predicted molar refractivity (Wildman–Crippen MR) is 107 cm³/mol. The summed E-state index contributed by atoms with van der Waals surface area (Å²) in [5.74, 6) is -0.275. The van der Waals surface area contributed by atoms with E-state index < -0.39 is 10.0 Å². The second-order valence-electron chi connectivity index (χ2n) is 6.49. The second-order valence-corrected chi connectivity index (χ2v) is 8.28. The van der Waals surface area contributed by atoms with Crippen molar-refractivity contribution in [2.75, 3.05) is 0 Å². The van der Waals surface area contributed by atoms with E-state index in [0.29, 0.717) is 24.1 Å². The summed E-state index contributed by atoms with van der Waals surface area (Å²) >= 11 is 0. The Hall–Kier alpha value is -2.66. The number of carbonyl (C=O) groups is 1. The minimum atomic E-state index is -3.88. The Bertz CT molecular complexity index is 1060. The summed E-state index contributed by atoms with van der Waals surface area (Å²) in [6, 6.07) is 17.4. The number of hydrogen-bond acceptors (Lipinski definition) is 3. The summed E-state index contributed by atoms with van der Waals surface area (Å²) < 4.78 is 28.1. The third kappa shape index (κ3) is 3.47. The Kier molecular flexibility index (Phi) is 5.33. The molecule has 0 unspecified atom stereocenters. The molecule has 0 bridgehead atoms. The molecule has 140 valence electrons. The summed E-state index contributed by atoms with van der Waals surface area (Å²) in [5.41, 5.74) is 3.06. The van der Waals surface area contributed by atoms with Crippen LogP contribution in [0.25, 0.3) is 0 Å². The molecule has 0 radical (unpaired) electrons. The molecule has 0 N–H and O–H groups in total. The van der Waals surface area contributed by atoms with Gasteiger partial charge in [-0.15, -0.1) is 0 Å². The van der Waals surface area contributed by atoms with E-state index in [1.807, 2.05) is 32.9 Å². The van der Waals surface area contributed by atoms with Gasteiger partial charge in [-0.25, -0.2) is 12.4 Å². The highest BCUT2D eigenvalue weighted by atomic mass is 32.2. The van der Waals surface area contributed by atoms with Crippen molar-refractivity contribution in [3.63, 3.8) is 0 Å². The van der Waals surface area contributed by atoms with E-state index in [2.05, 4.69) is 0 Å². The average molecular weight is 381 g/mol. The van der Waals surface area contributed by atoms with Crippen LogP contribution in [0.15, 0.2) is 65.6 Å². The van der Waals surface area contributed by atoms with Crippen LogP contribution in [0.3, 0.4) is 0 Å². The number of rotatable bonds is 6. The molecule has 27 heavy (non-hydrogen) atoms. The van der Waals surface area contributed by atoms with Gasteiger partial charge >= 0.3 is 0 Å². The van der Waals surface area contributed by atoms with E-state index in [1.165, 1.54) is 3.97 Å². The monoisotopic (exact) mass is 381 g/mol. The van der Waals surface area contributed by atoms with Gasteiger partial charge in [0.15, 0.2) is 0 Å². The maximum Gasteiger partial charge on any atom is 0.268 e. The highest BCUT2D eigenvalue weighted by Crippen LogP contribution is 2.27. The van der Waals surface area contributed by atoms with E-state index in [1.54, 1.807) is 48.5 Å². The minimum Gasteiger partial charge on any atom is -0.287 e. The van der Waals surface area contributed by atoms with Crippen LogP contribution in [0.2, 0.25) is 0 Å². The fourth-order valence-electron chi connectivity index (χ4n) is 3.17. The smallest absolute Gasteiger partial charge is 0.268 e. The molecule has 0 amide bonds. The number of carbonyl (C=O) groups excluding carboxylic acids is 1. The van der Waals surface area contributed by atoms with E-state index >= 15 is 0 Å². The Morgan fingerprint density at radius 1 is 0.926 bits per heavy atom. The maximum absolute atomic E-state index is 13.4. The number of benzene rings is 2. The van der Waals surface area contributed by atoms with Crippen LogP contribution < -0.4 is 0 Å². The third-order valence-corrected chi connectivity index (χ3v) is 6.43. The van der Waals surface area contributed by atoms with Crippen molar-refractivity contribution < 1.29 is 13.2 Å². The molecule has 0 aliphatic rings.